The van der Waals surface area contributed by atoms with Crippen molar-refractivity contribution in [1.82, 2.24) is 4.90 Å². The monoisotopic (exact) mass is 239 g/mol. The van der Waals surface area contributed by atoms with Crippen molar-refractivity contribution in [2.24, 2.45) is 5.92 Å². The Labute approximate surface area is 91.4 Å². The fourth-order valence-corrected chi connectivity index (χ4v) is 2.05. The van der Waals surface area contributed by atoms with Crippen molar-refractivity contribution < 1.29 is 18.4 Å². The maximum atomic E-state index is 12.2. The van der Waals surface area contributed by atoms with Crippen molar-refractivity contribution in [2.45, 2.75) is 25.8 Å². The van der Waals surface area contributed by atoms with Gasteiger partial charge in [0, 0.05) is 6.54 Å². The molecule has 2 atom stereocenters. The highest BCUT2D eigenvalue weighted by atomic mass is 35.5. The lowest BCUT2D eigenvalue weighted by Crippen LogP contribution is -2.45. The zero-order valence-corrected chi connectivity index (χ0v) is 9.01. The molecule has 1 heterocycles. The molecule has 86 valence electrons. The molecule has 1 aliphatic heterocycles. The van der Waals surface area contributed by atoms with Crippen molar-refractivity contribution >= 4 is 23.3 Å². The molecule has 6 heteroatoms. The Morgan fingerprint density at radius 1 is 1.53 bits per heavy atom. The number of nitrogens with zero attached hydrogens (tertiary/aromatic N) is 1. The molecule has 1 saturated heterocycles. The lowest BCUT2D eigenvalue weighted by Gasteiger charge is -2.24. The van der Waals surface area contributed by atoms with Gasteiger partial charge in [-0.3, -0.25) is 9.59 Å². The largest absolute Gasteiger partial charge is 0.327 e. The molecule has 0 spiro atoms. The van der Waals surface area contributed by atoms with Crippen LogP contribution in [-0.2, 0) is 9.59 Å². The molecule has 0 saturated carbocycles. The van der Waals surface area contributed by atoms with Crippen LogP contribution in [0.5, 0.6) is 0 Å². The van der Waals surface area contributed by atoms with E-state index in [4.69, 9.17) is 11.6 Å². The Hall–Kier alpha value is -0.710. The number of ketones is 1. The number of hydrogen-bond donors (Lipinski definition) is 0. The molecular formula is C9H12ClF2NO2. The highest BCUT2D eigenvalue weighted by molar-refractivity contribution is 6.28. The van der Waals surface area contributed by atoms with Crippen molar-refractivity contribution in [3.05, 3.63) is 0 Å². The van der Waals surface area contributed by atoms with Crippen molar-refractivity contribution in [2.75, 3.05) is 12.4 Å². The summed E-state index contributed by atoms with van der Waals surface area (Å²) in [6.45, 7) is 1.96. The first-order valence-corrected chi connectivity index (χ1v) is 5.19. The van der Waals surface area contributed by atoms with Crippen LogP contribution in [0.2, 0.25) is 0 Å². The summed E-state index contributed by atoms with van der Waals surface area (Å²) in [5.74, 6) is -1.99. The number of carbonyl (C=O) groups excluding carboxylic acids is 2. The molecule has 0 radical (unpaired) electrons. The second kappa shape index (κ2) is 4.88. The van der Waals surface area contributed by atoms with Crippen LogP contribution in [0.25, 0.3) is 0 Å². The van der Waals surface area contributed by atoms with Crippen molar-refractivity contribution in [3.63, 3.8) is 0 Å². The number of rotatable bonds is 3. The SMILES string of the molecule is CC1CCN(C(=O)C(F)F)C1C(=O)CCl. The minimum Gasteiger partial charge on any atom is -0.327 e. The van der Waals surface area contributed by atoms with Crippen LogP contribution in [0.15, 0.2) is 0 Å². The molecule has 3 nitrogen and oxygen atoms in total. The van der Waals surface area contributed by atoms with E-state index in [1.165, 1.54) is 0 Å². The summed E-state index contributed by atoms with van der Waals surface area (Å²) >= 11 is 5.37. The van der Waals surface area contributed by atoms with Crippen molar-refractivity contribution in [3.8, 4) is 0 Å². The van der Waals surface area contributed by atoms with E-state index in [1.54, 1.807) is 6.92 Å². The first kappa shape index (κ1) is 12.4. The molecule has 0 aromatic heterocycles. The van der Waals surface area contributed by atoms with Gasteiger partial charge in [0.05, 0.1) is 11.9 Å². The molecule has 1 amide bonds. The molecular weight excluding hydrogens is 228 g/mol. The number of Topliss-reactive ketones (excluding diaryl/α,β-unsaturated/α-hetero) is 1. The average molecular weight is 240 g/mol. The van der Waals surface area contributed by atoms with Crippen LogP contribution in [0.1, 0.15) is 13.3 Å². The van der Waals surface area contributed by atoms with Gasteiger partial charge in [-0.25, -0.2) is 0 Å². The fourth-order valence-electron chi connectivity index (χ4n) is 1.89. The Morgan fingerprint density at radius 3 is 2.60 bits per heavy atom. The molecule has 1 rings (SSSR count). The molecule has 0 aliphatic carbocycles. The number of halogens is 3. The Kier molecular flexibility index (Phi) is 4.02. The summed E-state index contributed by atoms with van der Waals surface area (Å²) in [5.41, 5.74) is 0. The van der Waals surface area contributed by atoms with Crippen LogP contribution in [0.3, 0.4) is 0 Å². The van der Waals surface area contributed by atoms with Crippen LogP contribution in [0, 0.1) is 5.92 Å². The van der Waals surface area contributed by atoms with Gasteiger partial charge in [0.25, 0.3) is 5.91 Å². The highest BCUT2D eigenvalue weighted by Crippen LogP contribution is 2.26. The van der Waals surface area contributed by atoms with E-state index < -0.39 is 18.4 Å². The molecule has 2 unspecified atom stereocenters. The van der Waals surface area contributed by atoms with E-state index in [-0.39, 0.29) is 24.1 Å². The normalized spacial score (nSPS) is 26.1. The lowest BCUT2D eigenvalue weighted by atomic mass is 10.00. The zero-order valence-electron chi connectivity index (χ0n) is 8.25. The summed E-state index contributed by atoms with van der Waals surface area (Å²) in [6.07, 6.45) is -2.49. The Balaban J connectivity index is 2.80. The van der Waals surface area contributed by atoms with Crippen LogP contribution < -0.4 is 0 Å². The minimum absolute atomic E-state index is 0.0982. The third-order valence-corrected chi connectivity index (χ3v) is 2.89. The van der Waals surface area contributed by atoms with E-state index in [0.29, 0.717) is 6.42 Å². The summed E-state index contributed by atoms with van der Waals surface area (Å²) < 4.78 is 24.4. The standard InChI is InChI=1S/C9H12ClF2NO2/c1-5-2-3-13(9(15)8(11)12)7(5)6(14)4-10/h5,7-8H,2-4H2,1H3. The third kappa shape index (κ3) is 2.45. The Morgan fingerprint density at radius 2 is 2.13 bits per heavy atom. The Bertz CT molecular complexity index is 273. The van der Waals surface area contributed by atoms with Gasteiger partial charge in [0.1, 0.15) is 0 Å². The first-order valence-electron chi connectivity index (χ1n) is 4.66. The van der Waals surface area contributed by atoms with Gasteiger partial charge in [-0.1, -0.05) is 6.92 Å². The molecule has 15 heavy (non-hydrogen) atoms. The summed E-state index contributed by atoms with van der Waals surface area (Å²) in [5, 5.41) is 0. The predicted molar refractivity (Wildman–Crippen MR) is 51.0 cm³/mol. The maximum absolute atomic E-state index is 12.2. The molecule has 0 N–H and O–H groups in total. The smallest absolute Gasteiger partial charge is 0.315 e. The second-order valence-electron chi connectivity index (χ2n) is 3.64. The van der Waals surface area contributed by atoms with Crippen molar-refractivity contribution in [1.29, 1.82) is 0 Å². The van der Waals surface area contributed by atoms with E-state index in [0.717, 1.165) is 4.90 Å². The molecule has 0 aromatic carbocycles. The zero-order chi connectivity index (χ0) is 11.6. The van der Waals surface area contributed by atoms with Crippen LogP contribution in [0.4, 0.5) is 8.78 Å². The van der Waals surface area contributed by atoms with Gasteiger partial charge in [-0.2, -0.15) is 8.78 Å². The number of hydrogen-bond acceptors (Lipinski definition) is 2. The van der Waals surface area contributed by atoms with E-state index in [1.807, 2.05) is 0 Å². The van der Waals surface area contributed by atoms with Gasteiger partial charge in [-0.15, -0.1) is 11.6 Å². The summed E-state index contributed by atoms with van der Waals surface area (Å²) in [6, 6.07) is -0.774. The first-order chi connectivity index (χ1) is 6.99. The topological polar surface area (TPSA) is 37.4 Å². The van der Waals surface area contributed by atoms with Gasteiger partial charge >= 0.3 is 6.43 Å². The fraction of sp³-hybridized carbons (Fsp3) is 0.778. The number of likely N-dealkylation sites (tertiary alicyclic amines) is 1. The molecule has 0 aromatic rings. The molecule has 1 fully saturated rings. The quantitative estimate of drug-likeness (QED) is 0.696. The predicted octanol–water partition coefficient (Wildman–Crippen LogP) is 1.30. The average Bonchev–Trinajstić information content (AvgIpc) is 2.57. The molecule has 1 aliphatic rings. The maximum Gasteiger partial charge on any atom is 0.315 e. The number of carbonyl (C=O) groups is 2. The van der Waals surface area contributed by atoms with Gasteiger partial charge in [0.2, 0.25) is 0 Å². The van der Waals surface area contributed by atoms with Crippen LogP contribution in [-0.4, -0.2) is 41.5 Å². The molecule has 0 bridgehead atoms. The van der Waals surface area contributed by atoms with Gasteiger partial charge in [0.15, 0.2) is 5.78 Å². The summed E-state index contributed by atoms with van der Waals surface area (Å²) in [7, 11) is 0. The number of amides is 1. The minimum atomic E-state index is -3.05. The van der Waals surface area contributed by atoms with Gasteiger partial charge < -0.3 is 4.90 Å². The number of alkyl halides is 3. The van der Waals surface area contributed by atoms with E-state index in [9.17, 15) is 18.4 Å². The van der Waals surface area contributed by atoms with Gasteiger partial charge in [-0.05, 0) is 12.3 Å². The third-order valence-electron chi connectivity index (χ3n) is 2.63. The van der Waals surface area contributed by atoms with E-state index >= 15 is 0 Å². The van der Waals surface area contributed by atoms with Crippen LogP contribution >= 0.6 is 11.6 Å². The second-order valence-corrected chi connectivity index (χ2v) is 3.91. The lowest BCUT2D eigenvalue weighted by molar-refractivity contribution is -0.147. The summed E-state index contributed by atoms with van der Waals surface area (Å²) in [4.78, 5) is 23.4. The highest BCUT2D eigenvalue weighted by Gasteiger charge is 2.41. The van der Waals surface area contributed by atoms with E-state index in [2.05, 4.69) is 0 Å².